The molecule has 0 unspecified atom stereocenters. The molecule has 0 saturated heterocycles. The van der Waals surface area contributed by atoms with Crippen molar-refractivity contribution in [3.05, 3.63) is 35.0 Å². The fourth-order valence-electron chi connectivity index (χ4n) is 1.43. The van der Waals surface area contributed by atoms with E-state index in [9.17, 15) is 0 Å². The van der Waals surface area contributed by atoms with E-state index in [1.807, 2.05) is 32.9 Å². The lowest BCUT2D eigenvalue weighted by molar-refractivity contribution is 1.18. The molecule has 0 fully saturated rings. The second-order valence-electron chi connectivity index (χ2n) is 3.93. The van der Waals surface area contributed by atoms with Gasteiger partial charge in [0.25, 0.3) is 0 Å². The molecule has 0 aliphatic heterocycles. The van der Waals surface area contributed by atoms with Gasteiger partial charge in [-0.25, -0.2) is 4.98 Å². The van der Waals surface area contributed by atoms with Gasteiger partial charge in [0.05, 0.1) is 11.4 Å². The molecule has 0 bridgehead atoms. The maximum absolute atomic E-state index is 5.61. The molecule has 0 saturated carbocycles. The Labute approximate surface area is 104 Å². The van der Waals surface area contributed by atoms with Gasteiger partial charge in [-0.15, -0.1) is 10.2 Å². The van der Waals surface area contributed by atoms with Crippen molar-refractivity contribution in [1.29, 1.82) is 0 Å². The monoisotopic (exact) mass is 246 g/mol. The number of nitrogens with zero attached hydrogens (tertiary/aromatic N) is 3. The van der Waals surface area contributed by atoms with Gasteiger partial charge in [0.15, 0.2) is 10.1 Å². The molecule has 0 spiro atoms. The first-order valence-electron chi connectivity index (χ1n) is 5.28. The van der Waals surface area contributed by atoms with Crippen molar-refractivity contribution in [1.82, 2.24) is 4.98 Å². The Kier molecular flexibility index (Phi) is 3.19. The molecule has 88 valence electrons. The summed E-state index contributed by atoms with van der Waals surface area (Å²) in [6.07, 6.45) is 0. The summed E-state index contributed by atoms with van der Waals surface area (Å²) in [4.78, 5) is 4.11. The van der Waals surface area contributed by atoms with Crippen molar-refractivity contribution in [3.8, 4) is 0 Å². The Morgan fingerprint density at radius 1 is 1.18 bits per heavy atom. The lowest BCUT2D eigenvalue weighted by atomic mass is 10.1. The number of azo groups is 1. The van der Waals surface area contributed by atoms with Crippen LogP contribution in [0, 0.1) is 20.8 Å². The molecule has 4 nitrogen and oxygen atoms in total. The highest BCUT2D eigenvalue weighted by Gasteiger charge is 2.04. The third-order valence-electron chi connectivity index (χ3n) is 2.40. The fraction of sp³-hybridized carbons (Fsp3) is 0.250. The van der Waals surface area contributed by atoms with Gasteiger partial charge < -0.3 is 5.73 Å². The second-order valence-corrected chi connectivity index (χ2v) is 4.94. The normalized spacial score (nSPS) is 11.2. The number of anilines is 1. The van der Waals surface area contributed by atoms with E-state index in [-0.39, 0.29) is 0 Å². The lowest BCUT2D eigenvalue weighted by Crippen LogP contribution is -1.80. The van der Waals surface area contributed by atoms with E-state index in [0.717, 1.165) is 21.9 Å². The van der Waals surface area contributed by atoms with Crippen molar-refractivity contribution in [3.63, 3.8) is 0 Å². The summed E-state index contributed by atoms with van der Waals surface area (Å²) in [6.45, 7) is 5.93. The van der Waals surface area contributed by atoms with Crippen molar-refractivity contribution in [2.24, 2.45) is 10.2 Å². The number of rotatable bonds is 2. The Hall–Kier alpha value is -1.75. The number of hydrogen-bond acceptors (Lipinski definition) is 5. The average Bonchev–Trinajstić information content (AvgIpc) is 2.59. The highest BCUT2D eigenvalue weighted by molar-refractivity contribution is 7.19. The van der Waals surface area contributed by atoms with Gasteiger partial charge in [0, 0.05) is 0 Å². The summed E-state index contributed by atoms with van der Waals surface area (Å²) in [5, 5.41) is 9.74. The van der Waals surface area contributed by atoms with Crippen LogP contribution < -0.4 is 5.73 Å². The van der Waals surface area contributed by atoms with Gasteiger partial charge in [0.2, 0.25) is 0 Å². The number of benzene rings is 1. The van der Waals surface area contributed by atoms with Crippen molar-refractivity contribution < 1.29 is 0 Å². The molecule has 0 aliphatic carbocycles. The van der Waals surface area contributed by atoms with Gasteiger partial charge in [-0.1, -0.05) is 23.5 Å². The smallest absolute Gasteiger partial charge is 0.182 e. The van der Waals surface area contributed by atoms with E-state index in [1.54, 1.807) is 0 Å². The highest BCUT2D eigenvalue weighted by atomic mass is 32.1. The average molecular weight is 246 g/mol. The Morgan fingerprint density at radius 2 is 1.94 bits per heavy atom. The number of aromatic nitrogens is 1. The van der Waals surface area contributed by atoms with Crippen molar-refractivity contribution >= 4 is 27.2 Å². The van der Waals surface area contributed by atoms with Crippen LogP contribution in [0.1, 0.15) is 16.8 Å². The maximum Gasteiger partial charge on any atom is 0.182 e. The van der Waals surface area contributed by atoms with E-state index >= 15 is 0 Å². The first-order chi connectivity index (χ1) is 8.06. The first-order valence-corrected chi connectivity index (χ1v) is 6.10. The van der Waals surface area contributed by atoms with Crippen molar-refractivity contribution in [2.75, 3.05) is 5.73 Å². The summed E-state index contributed by atoms with van der Waals surface area (Å²) in [7, 11) is 0. The quantitative estimate of drug-likeness (QED) is 0.812. The third-order valence-corrected chi connectivity index (χ3v) is 3.27. The molecule has 0 aliphatic rings. The van der Waals surface area contributed by atoms with Gasteiger partial charge in [-0.2, -0.15) is 0 Å². The van der Waals surface area contributed by atoms with Crippen molar-refractivity contribution in [2.45, 2.75) is 20.8 Å². The van der Waals surface area contributed by atoms with Crippen LogP contribution in [0.4, 0.5) is 15.8 Å². The van der Waals surface area contributed by atoms with Gasteiger partial charge in [-0.3, -0.25) is 0 Å². The van der Waals surface area contributed by atoms with Crippen LogP contribution in [0.15, 0.2) is 28.4 Å². The Bertz CT molecular complexity index is 572. The lowest BCUT2D eigenvalue weighted by Gasteiger charge is -1.99. The molecule has 17 heavy (non-hydrogen) atoms. The van der Waals surface area contributed by atoms with Crippen LogP contribution in [0.2, 0.25) is 0 Å². The van der Waals surface area contributed by atoms with Gasteiger partial charge >= 0.3 is 0 Å². The number of nitrogen functional groups attached to an aromatic ring is 1. The van der Waals surface area contributed by atoms with Crippen LogP contribution in [-0.4, -0.2) is 4.98 Å². The summed E-state index contributed by atoms with van der Waals surface area (Å²) in [6, 6.07) is 6.11. The third kappa shape index (κ3) is 2.68. The van der Waals surface area contributed by atoms with E-state index in [4.69, 9.17) is 5.73 Å². The molecular weight excluding hydrogens is 232 g/mol. The molecule has 0 amide bonds. The van der Waals surface area contributed by atoms with Gasteiger partial charge in [-0.05, 0) is 38.0 Å². The van der Waals surface area contributed by atoms with Crippen LogP contribution in [0.25, 0.3) is 0 Å². The maximum atomic E-state index is 5.61. The zero-order valence-electron chi connectivity index (χ0n) is 10.1. The molecule has 1 aromatic heterocycles. The predicted molar refractivity (Wildman–Crippen MR) is 71.4 cm³/mol. The predicted octanol–water partition coefficient (Wildman–Crippen LogP) is 4.07. The SMILES string of the molecule is Cc1ccc(C)c(N=Nc2sc(N)nc2C)c1. The molecule has 2 rings (SSSR count). The number of hydrogen-bond donors (Lipinski definition) is 1. The molecule has 0 radical (unpaired) electrons. The number of thiazole rings is 1. The van der Waals surface area contributed by atoms with Crippen LogP contribution in [0.3, 0.4) is 0 Å². The molecule has 1 heterocycles. The zero-order chi connectivity index (χ0) is 12.4. The van der Waals surface area contributed by atoms with Crippen LogP contribution in [0.5, 0.6) is 0 Å². The summed E-state index contributed by atoms with van der Waals surface area (Å²) < 4.78 is 0. The van der Waals surface area contributed by atoms with E-state index < -0.39 is 0 Å². The standard InChI is InChI=1S/C12H14N4S/c1-7-4-5-8(2)10(6-7)15-16-11-9(3)14-12(13)17-11/h4-6H,1-3H3,(H2,13,14). The van der Waals surface area contributed by atoms with E-state index in [2.05, 4.69) is 21.3 Å². The van der Waals surface area contributed by atoms with Gasteiger partial charge in [0.1, 0.15) is 0 Å². The molecule has 0 atom stereocenters. The van der Waals surface area contributed by atoms with E-state index in [1.165, 1.54) is 16.9 Å². The first kappa shape index (κ1) is 11.7. The van der Waals surface area contributed by atoms with Crippen LogP contribution in [-0.2, 0) is 0 Å². The largest absolute Gasteiger partial charge is 0.375 e. The summed E-state index contributed by atoms with van der Waals surface area (Å²) in [5.74, 6) is 0. The molecule has 5 heteroatoms. The Morgan fingerprint density at radius 3 is 2.59 bits per heavy atom. The minimum absolute atomic E-state index is 0.525. The molecule has 1 aromatic carbocycles. The second kappa shape index (κ2) is 4.63. The molecular formula is C12H14N4S. The molecule has 2 aromatic rings. The Balaban J connectivity index is 2.31. The van der Waals surface area contributed by atoms with Crippen LogP contribution >= 0.6 is 11.3 Å². The minimum Gasteiger partial charge on any atom is -0.375 e. The molecule has 2 N–H and O–H groups in total. The highest BCUT2D eigenvalue weighted by Crippen LogP contribution is 2.31. The zero-order valence-corrected chi connectivity index (χ0v) is 10.9. The minimum atomic E-state index is 0.525. The number of aryl methyl sites for hydroxylation is 3. The number of nitrogens with two attached hydrogens (primary N) is 1. The van der Waals surface area contributed by atoms with E-state index in [0.29, 0.717) is 5.13 Å². The fourth-order valence-corrected chi connectivity index (χ4v) is 2.08. The topological polar surface area (TPSA) is 63.6 Å². The summed E-state index contributed by atoms with van der Waals surface area (Å²) in [5.41, 5.74) is 9.59. The summed E-state index contributed by atoms with van der Waals surface area (Å²) >= 11 is 1.35.